The Morgan fingerprint density at radius 1 is 1.50 bits per heavy atom. The largest absolute Gasteiger partial charge is 0.466 e. The summed E-state index contributed by atoms with van der Waals surface area (Å²) in [7, 11) is 0. The van der Waals surface area contributed by atoms with Crippen LogP contribution in [0.4, 0.5) is 0 Å². The Morgan fingerprint density at radius 3 is 2.93 bits per heavy atom. The van der Waals surface area contributed by atoms with Crippen LogP contribution in [0.5, 0.6) is 0 Å². The molecule has 0 bridgehead atoms. The van der Waals surface area contributed by atoms with E-state index in [1.165, 1.54) is 24.2 Å². The van der Waals surface area contributed by atoms with Crippen molar-refractivity contribution in [3.05, 3.63) is 36.1 Å². The third-order valence-electron chi connectivity index (χ3n) is 1.76. The molecule has 2 rings (SSSR count). The molecular weight excluding hydrogens is 202 g/mol. The fraction of sp³-hybridized carbons (Fsp3) is 0.222. The third-order valence-corrected chi connectivity index (χ3v) is 2.30. The Morgan fingerprint density at radius 2 is 2.36 bits per heavy atom. The first-order chi connectivity index (χ1) is 6.81. The van der Waals surface area contributed by atoms with Gasteiger partial charge in [0.25, 0.3) is 5.22 Å². The van der Waals surface area contributed by atoms with Crippen LogP contribution < -0.4 is 0 Å². The van der Waals surface area contributed by atoms with Crippen molar-refractivity contribution in [2.75, 3.05) is 6.26 Å². The second-order valence-electron chi connectivity index (χ2n) is 2.65. The Kier molecular flexibility index (Phi) is 2.60. The normalized spacial score (nSPS) is 13.0. The van der Waals surface area contributed by atoms with Crippen LogP contribution >= 0.6 is 11.8 Å². The minimum atomic E-state index is -0.876. The van der Waals surface area contributed by atoms with E-state index in [9.17, 15) is 5.11 Å². The molecule has 14 heavy (non-hydrogen) atoms. The molecule has 0 aliphatic rings. The molecular formula is C9H9NO3S. The molecule has 0 amide bonds. The van der Waals surface area contributed by atoms with Gasteiger partial charge in [0.15, 0.2) is 11.9 Å². The number of furan rings is 1. The highest BCUT2D eigenvalue weighted by Gasteiger charge is 2.17. The van der Waals surface area contributed by atoms with E-state index >= 15 is 0 Å². The third kappa shape index (κ3) is 1.69. The van der Waals surface area contributed by atoms with Crippen LogP contribution in [-0.2, 0) is 0 Å². The SMILES string of the molecule is CSc1ncc(C(O)c2ccco2)o1. The monoisotopic (exact) mass is 211 g/mol. The van der Waals surface area contributed by atoms with E-state index in [0.717, 1.165) is 0 Å². The van der Waals surface area contributed by atoms with Crippen molar-refractivity contribution in [1.82, 2.24) is 4.98 Å². The molecule has 0 aliphatic carbocycles. The van der Waals surface area contributed by atoms with E-state index < -0.39 is 6.10 Å². The predicted molar refractivity (Wildman–Crippen MR) is 51.1 cm³/mol. The number of aliphatic hydroxyl groups excluding tert-OH is 1. The summed E-state index contributed by atoms with van der Waals surface area (Å²) in [4.78, 5) is 3.96. The van der Waals surface area contributed by atoms with Crippen LogP contribution in [0.15, 0.2) is 38.6 Å². The maximum absolute atomic E-state index is 9.75. The van der Waals surface area contributed by atoms with Crippen LogP contribution in [-0.4, -0.2) is 16.3 Å². The first kappa shape index (κ1) is 9.36. The van der Waals surface area contributed by atoms with Gasteiger partial charge in [-0.05, 0) is 18.4 Å². The topological polar surface area (TPSA) is 59.4 Å². The van der Waals surface area contributed by atoms with Gasteiger partial charge >= 0.3 is 0 Å². The lowest BCUT2D eigenvalue weighted by Crippen LogP contribution is -1.95. The van der Waals surface area contributed by atoms with Crippen LogP contribution in [0, 0.1) is 0 Å². The molecule has 2 aromatic heterocycles. The molecule has 1 atom stereocenters. The first-order valence-electron chi connectivity index (χ1n) is 4.02. The average Bonchev–Trinajstić information content (AvgIpc) is 2.88. The number of rotatable bonds is 3. The molecule has 2 heterocycles. The summed E-state index contributed by atoms with van der Waals surface area (Å²) >= 11 is 1.38. The van der Waals surface area contributed by atoms with Gasteiger partial charge in [-0.1, -0.05) is 11.8 Å². The van der Waals surface area contributed by atoms with Crippen molar-refractivity contribution in [3.8, 4) is 0 Å². The Bertz CT molecular complexity index is 396. The highest BCUT2D eigenvalue weighted by atomic mass is 32.2. The first-order valence-corrected chi connectivity index (χ1v) is 5.25. The molecule has 1 N–H and O–H groups in total. The minimum absolute atomic E-state index is 0.393. The lowest BCUT2D eigenvalue weighted by molar-refractivity contribution is 0.156. The number of aliphatic hydroxyl groups is 1. The molecule has 0 aromatic carbocycles. The van der Waals surface area contributed by atoms with Crippen LogP contribution in [0.25, 0.3) is 0 Å². The van der Waals surface area contributed by atoms with E-state index in [1.807, 2.05) is 6.26 Å². The predicted octanol–water partition coefficient (Wildman–Crippen LogP) is 2.07. The highest BCUT2D eigenvalue weighted by Crippen LogP contribution is 2.25. The van der Waals surface area contributed by atoms with Crippen LogP contribution in [0.1, 0.15) is 17.6 Å². The molecule has 0 aliphatic heterocycles. The van der Waals surface area contributed by atoms with E-state index in [0.29, 0.717) is 16.7 Å². The van der Waals surface area contributed by atoms with Crippen molar-refractivity contribution < 1.29 is 13.9 Å². The molecule has 4 nitrogen and oxygen atoms in total. The number of hydrogen-bond acceptors (Lipinski definition) is 5. The smallest absolute Gasteiger partial charge is 0.255 e. The molecule has 1 unspecified atom stereocenters. The summed E-state index contributed by atoms with van der Waals surface area (Å²) < 4.78 is 10.3. The maximum atomic E-state index is 9.75. The van der Waals surface area contributed by atoms with Crippen molar-refractivity contribution in [2.45, 2.75) is 11.3 Å². The van der Waals surface area contributed by atoms with Crippen LogP contribution in [0.2, 0.25) is 0 Å². The van der Waals surface area contributed by atoms with Crippen molar-refractivity contribution >= 4 is 11.8 Å². The quantitative estimate of drug-likeness (QED) is 0.787. The highest BCUT2D eigenvalue weighted by molar-refractivity contribution is 7.98. The maximum Gasteiger partial charge on any atom is 0.255 e. The van der Waals surface area contributed by atoms with Gasteiger partial charge in [0.1, 0.15) is 5.76 Å². The summed E-state index contributed by atoms with van der Waals surface area (Å²) in [6.45, 7) is 0. The fourth-order valence-electron chi connectivity index (χ4n) is 1.08. The van der Waals surface area contributed by atoms with Gasteiger partial charge in [0.05, 0.1) is 12.5 Å². The summed E-state index contributed by atoms with van der Waals surface area (Å²) in [5, 5.41) is 10.3. The standard InChI is InChI=1S/C9H9NO3S/c1-14-9-10-5-7(13-9)8(11)6-3-2-4-12-6/h2-5,8,11H,1H3. The van der Waals surface area contributed by atoms with Gasteiger partial charge in [-0.3, -0.25) is 0 Å². The Labute approximate surface area is 84.9 Å². The zero-order valence-electron chi connectivity index (χ0n) is 7.51. The summed E-state index contributed by atoms with van der Waals surface area (Å²) in [6.07, 6.45) is 3.98. The van der Waals surface area contributed by atoms with E-state index in [2.05, 4.69) is 4.98 Å². The Balaban J connectivity index is 2.23. The zero-order chi connectivity index (χ0) is 9.97. The van der Waals surface area contributed by atoms with Gasteiger partial charge in [-0.15, -0.1) is 0 Å². The van der Waals surface area contributed by atoms with Crippen molar-refractivity contribution in [2.24, 2.45) is 0 Å². The second kappa shape index (κ2) is 3.89. The lowest BCUT2D eigenvalue weighted by Gasteiger charge is -2.01. The van der Waals surface area contributed by atoms with E-state index in [-0.39, 0.29) is 0 Å². The van der Waals surface area contributed by atoms with Crippen molar-refractivity contribution in [3.63, 3.8) is 0 Å². The second-order valence-corrected chi connectivity index (χ2v) is 3.41. The fourth-order valence-corrected chi connectivity index (χ4v) is 1.42. The van der Waals surface area contributed by atoms with Gasteiger partial charge in [-0.2, -0.15) is 0 Å². The molecule has 0 radical (unpaired) electrons. The molecule has 0 fully saturated rings. The Hall–Kier alpha value is -1.20. The van der Waals surface area contributed by atoms with Crippen molar-refractivity contribution in [1.29, 1.82) is 0 Å². The molecule has 2 aromatic rings. The number of thioether (sulfide) groups is 1. The number of oxazole rings is 1. The number of aromatic nitrogens is 1. The average molecular weight is 211 g/mol. The summed E-state index contributed by atoms with van der Waals surface area (Å²) in [5.74, 6) is 0.845. The minimum Gasteiger partial charge on any atom is -0.466 e. The molecule has 74 valence electrons. The van der Waals surface area contributed by atoms with Gasteiger partial charge < -0.3 is 13.9 Å². The molecule has 0 saturated carbocycles. The van der Waals surface area contributed by atoms with Gasteiger partial charge in [0.2, 0.25) is 0 Å². The van der Waals surface area contributed by atoms with E-state index in [1.54, 1.807) is 12.1 Å². The molecule has 5 heteroatoms. The summed E-state index contributed by atoms with van der Waals surface area (Å²) in [6, 6.07) is 3.40. The lowest BCUT2D eigenvalue weighted by atomic mass is 10.2. The molecule has 0 spiro atoms. The zero-order valence-corrected chi connectivity index (χ0v) is 8.32. The van der Waals surface area contributed by atoms with Gasteiger partial charge in [0, 0.05) is 0 Å². The van der Waals surface area contributed by atoms with Gasteiger partial charge in [-0.25, -0.2) is 4.98 Å². The van der Waals surface area contributed by atoms with E-state index in [4.69, 9.17) is 8.83 Å². The summed E-state index contributed by atoms with van der Waals surface area (Å²) in [5.41, 5.74) is 0. The number of hydrogen-bond donors (Lipinski definition) is 1. The molecule has 0 saturated heterocycles. The van der Waals surface area contributed by atoms with Crippen LogP contribution in [0.3, 0.4) is 0 Å². The number of nitrogens with zero attached hydrogens (tertiary/aromatic N) is 1.